The molecule has 8 nitrogen and oxygen atoms in total. The Morgan fingerprint density at radius 1 is 1.52 bits per heavy atom. The average Bonchev–Trinajstić information content (AvgIpc) is 3.02. The standard InChI is InChI=1S/C16H18ClN5O3/c1-20-6-5-19-16(20)14-10-18-4-7-21(14)15(23)8-11-2-3-12(22(24)25)9-13(11)17/h2-3,5-6,9,14,18H,4,7-8,10H2,1H3. The number of carbonyl (C=O) groups is 1. The minimum Gasteiger partial charge on any atom is -0.336 e. The van der Waals surface area contributed by atoms with Crippen LogP contribution in [-0.4, -0.2) is 44.9 Å². The Kier molecular flexibility index (Phi) is 5.00. The predicted molar refractivity (Wildman–Crippen MR) is 92.3 cm³/mol. The second kappa shape index (κ2) is 7.20. The summed E-state index contributed by atoms with van der Waals surface area (Å²) in [5, 5.41) is 14.3. The molecule has 1 saturated heterocycles. The summed E-state index contributed by atoms with van der Waals surface area (Å²) >= 11 is 6.11. The fraction of sp³-hybridized carbons (Fsp3) is 0.375. The van der Waals surface area contributed by atoms with E-state index in [-0.39, 0.29) is 29.1 Å². The van der Waals surface area contributed by atoms with Crippen LogP contribution in [0.25, 0.3) is 0 Å². The summed E-state index contributed by atoms with van der Waals surface area (Å²) in [6.07, 6.45) is 3.65. The van der Waals surface area contributed by atoms with Gasteiger partial charge < -0.3 is 14.8 Å². The normalized spacial score (nSPS) is 17.5. The van der Waals surface area contributed by atoms with Gasteiger partial charge in [0.15, 0.2) is 0 Å². The molecule has 1 aromatic heterocycles. The molecule has 1 atom stereocenters. The second-order valence-corrected chi connectivity index (χ2v) is 6.32. The highest BCUT2D eigenvalue weighted by Gasteiger charge is 2.30. The number of carbonyl (C=O) groups excluding carboxylic acids is 1. The number of piperazine rings is 1. The molecule has 1 amide bonds. The fourth-order valence-corrected chi connectivity index (χ4v) is 3.23. The van der Waals surface area contributed by atoms with Crippen LogP contribution in [0.1, 0.15) is 17.4 Å². The summed E-state index contributed by atoms with van der Waals surface area (Å²) in [6, 6.07) is 4.02. The van der Waals surface area contributed by atoms with Gasteiger partial charge in [-0.3, -0.25) is 14.9 Å². The molecule has 1 unspecified atom stereocenters. The van der Waals surface area contributed by atoms with Crippen molar-refractivity contribution in [2.45, 2.75) is 12.5 Å². The van der Waals surface area contributed by atoms with E-state index in [1.54, 1.807) is 11.1 Å². The number of imidazole rings is 1. The number of amides is 1. The Morgan fingerprint density at radius 2 is 2.32 bits per heavy atom. The number of nitrogens with zero attached hydrogens (tertiary/aromatic N) is 4. The molecule has 0 saturated carbocycles. The number of aromatic nitrogens is 2. The van der Waals surface area contributed by atoms with Gasteiger partial charge >= 0.3 is 0 Å². The lowest BCUT2D eigenvalue weighted by molar-refractivity contribution is -0.384. The molecule has 1 aromatic carbocycles. The number of nitrogens with one attached hydrogen (secondary N) is 1. The van der Waals surface area contributed by atoms with Crippen LogP contribution in [0.3, 0.4) is 0 Å². The van der Waals surface area contributed by atoms with Crippen LogP contribution < -0.4 is 5.32 Å². The molecule has 0 spiro atoms. The van der Waals surface area contributed by atoms with Crippen LogP contribution in [0.5, 0.6) is 0 Å². The topological polar surface area (TPSA) is 93.3 Å². The lowest BCUT2D eigenvalue weighted by atomic mass is 10.1. The molecule has 1 aliphatic rings. The van der Waals surface area contributed by atoms with Crippen molar-refractivity contribution in [3.63, 3.8) is 0 Å². The Balaban J connectivity index is 1.79. The number of non-ortho nitro benzene ring substituents is 1. The first-order valence-corrected chi connectivity index (χ1v) is 8.25. The van der Waals surface area contributed by atoms with Gasteiger partial charge in [-0.2, -0.15) is 0 Å². The van der Waals surface area contributed by atoms with Crippen molar-refractivity contribution >= 4 is 23.2 Å². The van der Waals surface area contributed by atoms with Crippen molar-refractivity contribution in [2.24, 2.45) is 7.05 Å². The zero-order valence-electron chi connectivity index (χ0n) is 13.7. The van der Waals surface area contributed by atoms with E-state index in [4.69, 9.17) is 11.6 Å². The van der Waals surface area contributed by atoms with Gasteiger partial charge in [0, 0.05) is 51.2 Å². The van der Waals surface area contributed by atoms with Crippen molar-refractivity contribution in [1.29, 1.82) is 0 Å². The number of rotatable bonds is 4. The highest BCUT2D eigenvalue weighted by Crippen LogP contribution is 2.26. The highest BCUT2D eigenvalue weighted by atomic mass is 35.5. The Labute approximate surface area is 149 Å². The predicted octanol–water partition coefficient (Wildman–Crippen LogP) is 1.70. The van der Waals surface area contributed by atoms with Gasteiger partial charge in [0.2, 0.25) is 5.91 Å². The monoisotopic (exact) mass is 363 g/mol. The van der Waals surface area contributed by atoms with E-state index in [2.05, 4.69) is 10.3 Å². The molecule has 2 aromatic rings. The van der Waals surface area contributed by atoms with Gasteiger partial charge in [0.05, 0.1) is 16.4 Å². The third-order valence-electron chi connectivity index (χ3n) is 4.31. The van der Waals surface area contributed by atoms with Crippen molar-refractivity contribution in [1.82, 2.24) is 19.8 Å². The summed E-state index contributed by atoms with van der Waals surface area (Å²) in [5.41, 5.74) is 0.489. The molecule has 3 rings (SSSR count). The van der Waals surface area contributed by atoms with E-state index in [0.717, 1.165) is 5.82 Å². The Morgan fingerprint density at radius 3 is 2.96 bits per heavy atom. The van der Waals surface area contributed by atoms with E-state index < -0.39 is 4.92 Å². The summed E-state index contributed by atoms with van der Waals surface area (Å²) < 4.78 is 1.90. The number of aryl methyl sites for hydroxylation is 1. The smallest absolute Gasteiger partial charge is 0.270 e. The van der Waals surface area contributed by atoms with Crippen molar-refractivity contribution < 1.29 is 9.72 Å². The number of halogens is 1. The second-order valence-electron chi connectivity index (χ2n) is 5.91. The van der Waals surface area contributed by atoms with Gasteiger partial charge in [0.1, 0.15) is 11.9 Å². The molecule has 1 fully saturated rings. The fourth-order valence-electron chi connectivity index (χ4n) is 2.99. The molecular weight excluding hydrogens is 346 g/mol. The number of hydrogen-bond acceptors (Lipinski definition) is 5. The van der Waals surface area contributed by atoms with Crippen LogP contribution >= 0.6 is 11.6 Å². The largest absolute Gasteiger partial charge is 0.336 e. The molecule has 25 heavy (non-hydrogen) atoms. The van der Waals surface area contributed by atoms with Crippen molar-refractivity contribution in [3.8, 4) is 0 Å². The summed E-state index contributed by atoms with van der Waals surface area (Å²) in [6.45, 7) is 1.91. The Bertz CT molecular complexity index is 807. The maximum atomic E-state index is 12.8. The number of nitro groups is 1. The first-order valence-electron chi connectivity index (χ1n) is 7.87. The summed E-state index contributed by atoms with van der Waals surface area (Å²) in [5.74, 6) is 0.737. The molecular formula is C16H18ClN5O3. The van der Waals surface area contributed by atoms with E-state index >= 15 is 0 Å². The van der Waals surface area contributed by atoms with Crippen LogP contribution in [0.15, 0.2) is 30.6 Å². The van der Waals surface area contributed by atoms with Gasteiger partial charge in [-0.25, -0.2) is 4.98 Å². The maximum absolute atomic E-state index is 12.8. The first-order chi connectivity index (χ1) is 12.0. The quantitative estimate of drug-likeness (QED) is 0.659. The maximum Gasteiger partial charge on any atom is 0.270 e. The van der Waals surface area contributed by atoms with Crippen LogP contribution in [-0.2, 0) is 18.3 Å². The third-order valence-corrected chi connectivity index (χ3v) is 4.66. The van der Waals surface area contributed by atoms with Gasteiger partial charge in [-0.15, -0.1) is 0 Å². The minimum absolute atomic E-state index is 0.0785. The van der Waals surface area contributed by atoms with E-state index in [1.165, 1.54) is 18.2 Å². The molecule has 0 aliphatic carbocycles. The average molecular weight is 364 g/mol. The zero-order chi connectivity index (χ0) is 18.0. The van der Waals surface area contributed by atoms with Crippen molar-refractivity contribution in [2.75, 3.05) is 19.6 Å². The van der Waals surface area contributed by atoms with E-state index in [1.807, 2.05) is 17.8 Å². The zero-order valence-corrected chi connectivity index (χ0v) is 14.4. The molecule has 1 aliphatic heterocycles. The van der Waals surface area contributed by atoms with E-state index in [0.29, 0.717) is 25.2 Å². The molecule has 132 valence electrons. The molecule has 2 heterocycles. The van der Waals surface area contributed by atoms with Crippen LogP contribution in [0.2, 0.25) is 5.02 Å². The third kappa shape index (κ3) is 3.64. The Hall–Kier alpha value is -2.45. The lowest BCUT2D eigenvalue weighted by Gasteiger charge is -2.36. The number of hydrogen-bond donors (Lipinski definition) is 1. The highest BCUT2D eigenvalue weighted by molar-refractivity contribution is 6.31. The molecule has 9 heteroatoms. The molecule has 0 bridgehead atoms. The van der Waals surface area contributed by atoms with Crippen LogP contribution in [0, 0.1) is 10.1 Å². The van der Waals surface area contributed by atoms with Gasteiger partial charge in [-0.05, 0) is 5.56 Å². The molecule has 1 N–H and O–H groups in total. The first kappa shape index (κ1) is 17.4. The summed E-state index contributed by atoms with van der Waals surface area (Å²) in [4.78, 5) is 29.3. The lowest BCUT2D eigenvalue weighted by Crippen LogP contribution is -2.49. The minimum atomic E-state index is -0.509. The van der Waals surface area contributed by atoms with E-state index in [9.17, 15) is 14.9 Å². The number of benzene rings is 1. The molecule has 0 radical (unpaired) electrons. The van der Waals surface area contributed by atoms with Crippen LogP contribution in [0.4, 0.5) is 5.69 Å². The summed E-state index contributed by atoms with van der Waals surface area (Å²) in [7, 11) is 1.90. The number of nitro benzene ring substituents is 1. The SMILES string of the molecule is Cn1ccnc1C1CNCCN1C(=O)Cc1ccc([N+](=O)[O-])cc1Cl. The van der Waals surface area contributed by atoms with Crippen molar-refractivity contribution in [3.05, 3.63) is 57.1 Å². The van der Waals surface area contributed by atoms with Gasteiger partial charge in [0.25, 0.3) is 5.69 Å². The van der Waals surface area contributed by atoms with Gasteiger partial charge in [-0.1, -0.05) is 17.7 Å².